The van der Waals surface area contributed by atoms with Crippen molar-refractivity contribution in [3.63, 3.8) is 0 Å². The predicted molar refractivity (Wildman–Crippen MR) is 123 cm³/mol. The predicted octanol–water partition coefficient (Wildman–Crippen LogP) is 7.09. The van der Waals surface area contributed by atoms with Gasteiger partial charge in [0.25, 0.3) is 0 Å². The van der Waals surface area contributed by atoms with Crippen molar-refractivity contribution in [1.82, 2.24) is 0 Å². The molecule has 0 amide bonds. The van der Waals surface area contributed by atoms with Crippen LogP contribution in [-0.4, -0.2) is 5.12 Å². The molecule has 0 N–H and O–H groups in total. The van der Waals surface area contributed by atoms with E-state index in [4.69, 9.17) is 0 Å². The molecule has 4 aromatic carbocycles. The largest absolute Gasteiger partial charge is 0.287 e. The average molecular weight is 414 g/mol. The van der Waals surface area contributed by atoms with E-state index in [1.54, 1.807) is 6.92 Å². The summed E-state index contributed by atoms with van der Waals surface area (Å²) in [6.07, 6.45) is 0. The Bertz CT molecular complexity index is 1030. The van der Waals surface area contributed by atoms with Crippen molar-refractivity contribution < 1.29 is 4.79 Å². The highest BCUT2D eigenvalue weighted by Gasteiger charge is 2.28. The summed E-state index contributed by atoms with van der Waals surface area (Å²) in [7, 11) is -0.130. The molecule has 0 spiro atoms. The number of hydrogen-bond acceptors (Lipinski definition) is 2. The van der Waals surface area contributed by atoms with Gasteiger partial charge in [-0.15, -0.1) is 0 Å². The zero-order chi connectivity index (χ0) is 20.1. The Balaban J connectivity index is 1.65. The second kappa shape index (κ2) is 9.17. The Morgan fingerprint density at radius 3 is 1.45 bits per heavy atom. The van der Waals surface area contributed by atoms with Gasteiger partial charge >= 0.3 is 0 Å². The van der Waals surface area contributed by atoms with Crippen molar-refractivity contribution in [3.05, 3.63) is 109 Å². The molecule has 0 aliphatic heterocycles. The first kappa shape index (κ1) is 19.6. The Hall–Kier alpha value is -2.75. The van der Waals surface area contributed by atoms with E-state index >= 15 is 0 Å². The number of carbonyl (C=O) groups excluding carboxylic acids is 1. The van der Waals surface area contributed by atoms with Crippen LogP contribution in [0.25, 0.3) is 11.1 Å². The van der Waals surface area contributed by atoms with Gasteiger partial charge < -0.3 is 0 Å². The fraction of sp³-hybridized carbons (Fsp3) is 0.0385. The molecular weight excluding hydrogens is 392 g/mol. The highest BCUT2D eigenvalue weighted by molar-refractivity contribution is 8.13. The molecule has 0 bridgehead atoms. The van der Waals surface area contributed by atoms with Crippen molar-refractivity contribution in [2.24, 2.45) is 0 Å². The molecule has 0 atom stereocenters. The van der Waals surface area contributed by atoms with Crippen molar-refractivity contribution in [2.75, 3.05) is 0 Å². The van der Waals surface area contributed by atoms with E-state index in [0.717, 1.165) is 10.5 Å². The van der Waals surface area contributed by atoms with Gasteiger partial charge in [-0.25, -0.2) is 0 Å². The van der Waals surface area contributed by atoms with E-state index in [2.05, 4.69) is 97.1 Å². The van der Waals surface area contributed by atoms with Gasteiger partial charge in [0.15, 0.2) is 19.8 Å². The minimum absolute atomic E-state index is 0.107. The molecule has 29 heavy (non-hydrogen) atoms. The molecule has 0 saturated heterocycles. The van der Waals surface area contributed by atoms with E-state index < -0.39 is 0 Å². The number of carbonyl (C=O) groups is 1. The van der Waals surface area contributed by atoms with Crippen molar-refractivity contribution in [2.45, 2.75) is 26.5 Å². The summed E-state index contributed by atoms with van der Waals surface area (Å²) in [4.78, 5) is 16.2. The van der Waals surface area contributed by atoms with E-state index in [1.165, 1.54) is 32.0 Å². The van der Waals surface area contributed by atoms with Gasteiger partial charge in [0, 0.05) is 11.8 Å². The van der Waals surface area contributed by atoms with Gasteiger partial charge in [-0.2, -0.15) is 0 Å². The first-order valence-corrected chi connectivity index (χ1v) is 11.5. The third kappa shape index (κ3) is 4.81. The maximum absolute atomic E-state index is 11.3. The minimum Gasteiger partial charge on any atom is -0.287 e. The zero-order valence-electron chi connectivity index (χ0n) is 16.1. The standard InChI is InChI=1S/C26H21OS2/c1-20(27)28-23-16-12-21(13-17-23)22-14-18-26(19-15-22)29(24-8-4-2-5-9-24)25-10-6-3-7-11-25/h2-19H,1H3/q+1. The Labute approximate surface area is 179 Å². The average Bonchev–Trinajstić information content (AvgIpc) is 2.76. The van der Waals surface area contributed by atoms with Gasteiger partial charge in [-0.05, 0) is 71.8 Å². The van der Waals surface area contributed by atoms with E-state index in [0.29, 0.717) is 0 Å². The summed E-state index contributed by atoms with van der Waals surface area (Å²) in [5, 5.41) is 0.107. The summed E-state index contributed by atoms with van der Waals surface area (Å²) < 4.78 is 0. The summed E-state index contributed by atoms with van der Waals surface area (Å²) in [5.41, 5.74) is 2.33. The SMILES string of the molecule is CC(=O)Sc1ccc(-c2ccc([S+](c3ccccc3)c3ccccc3)cc2)cc1. The maximum Gasteiger partial charge on any atom is 0.190 e. The second-order valence-corrected chi connectivity index (χ2v) is 9.85. The van der Waals surface area contributed by atoms with Crippen LogP contribution in [0.3, 0.4) is 0 Å². The van der Waals surface area contributed by atoms with Crippen LogP contribution in [-0.2, 0) is 15.7 Å². The molecule has 4 aromatic rings. The molecule has 0 saturated carbocycles. The number of rotatable bonds is 5. The minimum atomic E-state index is -0.130. The Morgan fingerprint density at radius 1 is 0.586 bits per heavy atom. The molecule has 3 heteroatoms. The highest BCUT2D eigenvalue weighted by Crippen LogP contribution is 2.32. The molecule has 0 aliphatic carbocycles. The third-order valence-electron chi connectivity index (χ3n) is 4.50. The molecule has 142 valence electrons. The highest BCUT2D eigenvalue weighted by atomic mass is 32.2. The van der Waals surface area contributed by atoms with Crippen LogP contribution in [0, 0.1) is 0 Å². The van der Waals surface area contributed by atoms with Crippen molar-refractivity contribution in [1.29, 1.82) is 0 Å². The quantitative estimate of drug-likeness (QED) is 0.257. The molecule has 0 fully saturated rings. The molecule has 0 aromatic heterocycles. The molecule has 4 rings (SSSR count). The summed E-state index contributed by atoms with van der Waals surface area (Å²) in [6.45, 7) is 1.59. The van der Waals surface area contributed by atoms with Crippen LogP contribution in [0.5, 0.6) is 0 Å². The molecule has 0 radical (unpaired) electrons. The topological polar surface area (TPSA) is 17.1 Å². The first-order valence-electron chi connectivity index (χ1n) is 9.44. The smallest absolute Gasteiger partial charge is 0.190 e. The van der Waals surface area contributed by atoms with Crippen LogP contribution in [0.4, 0.5) is 0 Å². The number of hydrogen-bond donors (Lipinski definition) is 0. The number of benzene rings is 4. The van der Waals surface area contributed by atoms with Crippen LogP contribution in [0.15, 0.2) is 129 Å². The second-order valence-electron chi connectivity index (χ2n) is 6.57. The molecule has 1 nitrogen and oxygen atoms in total. The van der Waals surface area contributed by atoms with E-state index in [9.17, 15) is 4.79 Å². The van der Waals surface area contributed by atoms with Crippen molar-refractivity contribution >= 4 is 27.8 Å². The molecule has 0 heterocycles. The van der Waals surface area contributed by atoms with Gasteiger partial charge in [0.05, 0.1) is 10.9 Å². The van der Waals surface area contributed by atoms with E-state index in [1.807, 2.05) is 12.1 Å². The third-order valence-corrected chi connectivity index (χ3v) is 7.52. The normalized spacial score (nSPS) is 10.8. The lowest BCUT2D eigenvalue weighted by Crippen LogP contribution is -2.04. The van der Waals surface area contributed by atoms with Gasteiger partial charge in [0.1, 0.15) is 0 Å². The van der Waals surface area contributed by atoms with E-state index in [-0.39, 0.29) is 16.0 Å². The first-order chi connectivity index (χ1) is 14.2. The van der Waals surface area contributed by atoms with Crippen LogP contribution < -0.4 is 0 Å². The maximum atomic E-state index is 11.3. The van der Waals surface area contributed by atoms with Gasteiger partial charge in [-0.3, -0.25) is 4.79 Å². The summed E-state index contributed by atoms with van der Waals surface area (Å²) in [6, 6.07) is 38.4. The molecular formula is C26H21OS2+. The van der Waals surface area contributed by atoms with Crippen LogP contribution >= 0.6 is 11.8 Å². The Kier molecular flexibility index (Phi) is 6.18. The van der Waals surface area contributed by atoms with Crippen LogP contribution in [0.2, 0.25) is 0 Å². The molecule has 0 unspecified atom stereocenters. The summed E-state index contributed by atoms with van der Waals surface area (Å²) in [5.74, 6) is 0. The summed E-state index contributed by atoms with van der Waals surface area (Å²) >= 11 is 1.27. The van der Waals surface area contributed by atoms with Gasteiger partial charge in [0.2, 0.25) is 0 Å². The fourth-order valence-corrected chi connectivity index (χ4v) is 5.87. The monoisotopic (exact) mass is 413 g/mol. The Morgan fingerprint density at radius 2 is 1.00 bits per heavy atom. The lowest BCUT2D eigenvalue weighted by Gasteiger charge is -2.09. The zero-order valence-corrected chi connectivity index (χ0v) is 17.8. The van der Waals surface area contributed by atoms with Crippen molar-refractivity contribution in [3.8, 4) is 11.1 Å². The van der Waals surface area contributed by atoms with Crippen LogP contribution in [0.1, 0.15) is 6.92 Å². The lowest BCUT2D eigenvalue weighted by atomic mass is 10.1. The molecule has 0 aliphatic rings. The fourth-order valence-electron chi connectivity index (χ4n) is 3.19. The van der Waals surface area contributed by atoms with Gasteiger partial charge in [-0.1, -0.05) is 60.3 Å². The lowest BCUT2D eigenvalue weighted by molar-refractivity contribution is -0.109. The number of thioether (sulfide) groups is 1.